The van der Waals surface area contributed by atoms with Crippen molar-refractivity contribution in [3.63, 3.8) is 0 Å². The molecule has 0 radical (unpaired) electrons. The van der Waals surface area contributed by atoms with Crippen LogP contribution in [-0.4, -0.2) is 79.3 Å². The summed E-state index contributed by atoms with van der Waals surface area (Å²) < 4.78 is 18.6. The molecule has 2 aromatic rings. The molecule has 3 rings (SSSR count). The standard InChI is InChI=1S/C20H26FN3O4/c1-23(5-6-28-2)9-13-10-24(11-14(13)12-25)20(27)17-8-19(26)22-18-7-15(21)3-4-16(17)18/h3-4,7-8,13-14,25H,5-6,9-12H2,1-2H3,(H,22,26)/t13-,14-/m1/s1. The molecule has 8 heteroatoms. The number of aliphatic hydroxyl groups is 1. The number of aromatic amines is 1. The number of nitrogens with zero attached hydrogens (tertiary/aromatic N) is 2. The number of benzene rings is 1. The first-order chi connectivity index (χ1) is 13.4. The summed E-state index contributed by atoms with van der Waals surface area (Å²) in [6, 6.07) is 5.24. The Labute approximate surface area is 162 Å². The molecule has 0 bridgehead atoms. The van der Waals surface area contributed by atoms with E-state index in [4.69, 9.17) is 4.74 Å². The number of carbonyl (C=O) groups excluding carboxylic acids is 1. The van der Waals surface area contributed by atoms with Crippen LogP contribution in [0.1, 0.15) is 10.4 Å². The number of likely N-dealkylation sites (N-methyl/N-ethyl adjacent to an activating group) is 1. The fraction of sp³-hybridized carbons (Fsp3) is 0.500. The van der Waals surface area contributed by atoms with Gasteiger partial charge in [-0.1, -0.05) is 0 Å². The lowest BCUT2D eigenvalue weighted by atomic mass is 9.96. The summed E-state index contributed by atoms with van der Waals surface area (Å²) in [6.45, 7) is 3.03. The van der Waals surface area contributed by atoms with Crippen molar-refractivity contribution in [2.75, 3.05) is 53.6 Å². The minimum absolute atomic E-state index is 0.00606. The summed E-state index contributed by atoms with van der Waals surface area (Å²) in [5, 5.41) is 10.3. The number of halogens is 1. The van der Waals surface area contributed by atoms with Crippen molar-refractivity contribution in [2.24, 2.45) is 11.8 Å². The molecule has 2 heterocycles. The number of aromatic nitrogens is 1. The lowest BCUT2D eigenvalue weighted by molar-refractivity contribution is 0.0780. The number of pyridine rings is 1. The van der Waals surface area contributed by atoms with Crippen LogP contribution in [0.2, 0.25) is 0 Å². The monoisotopic (exact) mass is 391 g/mol. The summed E-state index contributed by atoms with van der Waals surface area (Å²) in [5.41, 5.74) is 0.101. The van der Waals surface area contributed by atoms with Gasteiger partial charge in [0, 0.05) is 57.3 Å². The summed E-state index contributed by atoms with van der Waals surface area (Å²) in [5.74, 6) is -0.655. The predicted molar refractivity (Wildman–Crippen MR) is 104 cm³/mol. The Kier molecular flexibility index (Phi) is 6.43. The number of fused-ring (bicyclic) bond motifs is 1. The predicted octanol–water partition coefficient (Wildman–Crippen LogP) is 0.926. The molecule has 1 fully saturated rings. The molecule has 1 aliphatic heterocycles. The number of nitrogens with one attached hydrogen (secondary N) is 1. The Morgan fingerprint density at radius 2 is 2.11 bits per heavy atom. The second kappa shape index (κ2) is 8.81. The van der Waals surface area contributed by atoms with Crippen LogP contribution >= 0.6 is 0 Å². The number of hydrogen-bond acceptors (Lipinski definition) is 5. The van der Waals surface area contributed by atoms with Gasteiger partial charge in [-0.05, 0) is 31.2 Å². The first kappa shape index (κ1) is 20.4. The summed E-state index contributed by atoms with van der Waals surface area (Å²) >= 11 is 0. The largest absolute Gasteiger partial charge is 0.396 e. The molecular weight excluding hydrogens is 365 g/mol. The second-order valence-electron chi connectivity index (χ2n) is 7.41. The minimum Gasteiger partial charge on any atom is -0.396 e. The maximum Gasteiger partial charge on any atom is 0.254 e. The van der Waals surface area contributed by atoms with E-state index in [0.717, 1.165) is 13.1 Å². The van der Waals surface area contributed by atoms with Crippen LogP contribution < -0.4 is 5.56 Å². The van der Waals surface area contributed by atoms with Gasteiger partial charge >= 0.3 is 0 Å². The molecule has 0 saturated carbocycles. The first-order valence-corrected chi connectivity index (χ1v) is 9.33. The fourth-order valence-corrected chi connectivity index (χ4v) is 3.84. The van der Waals surface area contributed by atoms with Gasteiger partial charge in [0.05, 0.1) is 17.7 Å². The highest BCUT2D eigenvalue weighted by Crippen LogP contribution is 2.27. The first-order valence-electron chi connectivity index (χ1n) is 9.33. The van der Waals surface area contributed by atoms with Crippen LogP contribution in [0, 0.1) is 17.7 Å². The number of methoxy groups -OCH3 is 1. The number of aliphatic hydroxyl groups excluding tert-OH is 1. The van der Waals surface area contributed by atoms with Crippen molar-refractivity contribution in [3.8, 4) is 0 Å². The molecule has 1 aromatic carbocycles. The van der Waals surface area contributed by atoms with Gasteiger partial charge < -0.3 is 24.6 Å². The number of likely N-dealkylation sites (tertiary alicyclic amines) is 1. The van der Waals surface area contributed by atoms with Gasteiger partial charge in [0.25, 0.3) is 5.91 Å². The Morgan fingerprint density at radius 3 is 2.82 bits per heavy atom. The Bertz CT molecular complexity index is 901. The smallest absolute Gasteiger partial charge is 0.254 e. The van der Waals surface area contributed by atoms with E-state index in [1.165, 1.54) is 24.3 Å². The molecule has 152 valence electrons. The topological polar surface area (TPSA) is 85.9 Å². The lowest BCUT2D eigenvalue weighted by Crippen LogP contribution is -2.34. The summed E-state index contributed by atoms with van der Waals surface area (Å²) in [4.78, 5) is 31.4. The van der Waals surface area contributed by atoms with Crippen LogP contribution in [-0.2, 0) is 4.74 Å². The average molecular weight is 391 g/mol. The second-order valence-corrected chi connectivity index (χ2v) is 7.41. The minimum atomic E-state index is -0.478. The van der Waals surface area contributed by atoms with E-state index < -0.39 is 11.4 Å². The van der Waals surface area contributed by atoms with Gasteiger partial charge in [0.2, 0.25) is 5.56 Å². The van der Waals surface area contributed by atoms with Crippen molar-refractivity contribution >= 4 is 16.8 Å². The van der Waals surface area contributed by atoms with Gasteiger partial charge in [-0.2, -0.15) is 0 Å². The van der Waals surface area contributed by atoms with Crippen molar-refractivity contribution in [2.45, 2.75) is 0 Å². The van der Waals surface area contributed by atoms with E-state index in [0.29, 0.717) is 30.6 Å². The van der Waals surface area contributed by atoms with Crippen LogP contribution in [0.25, 0.3) is 10.9 Å². The number of hydrogen-bond donors (Lipinski definition) is 2. The zero-order valence-corrected chi connectivity index (χ0v) is 16.2. The van der Waals surface area contributed by atoms with Crippen LogP contribution in [0.3, 0.4) is 0 Å². The molecule has 28 heavy (non-hydrogen) atoms. The molecule has 2 N–H and O–H groups in total. The Balaban J connectivity index is 1.81. The van der Waals surface area contributed by atoms with E-state index in [9.17, 15) is 19.1 Å². The van der Waals surface area contributed by atoms with Crippen molar-refractivity contribution in [3.05, 3.63) is 46.0 Å². The normalized spacial score (nSPS) is 19.7. The molecule has 1 saturated heterocycles. The fourth-order valence-electron chi connectivity index (χ4n) is 3.84. The van der Waals surface area contributed by atoms with Crippen LogP contribution in [0.15, 0.2) is 29.1 Å². The SMILES string of the molecule is COCCN(C)C[C@@H]1CN(C(=O)c2cc(=O)[nH]c3cc(F)ccc23)C[C@@H]1CO. The summed E-state index contributed by atoms with van der Waals surface area (Å²) in [7, 11) is 3.63. The maximum atomic E-state index is 13.5. The third-order valence-electron chi connectivity index (χ3n) is 5.36. The number of amides is 1. The van der Waals surface area contributed by atoms with Gasteiger partial charge in [-0.25, -0.2) is 4.39 Å². The molecule has 1 aromatic heterocycles. The van der Waals surface area contributed by atoms with E-state index in [-0.39, 0.29) is 29.9 Å². The van der Waals surface area contributed by atoms with Crippen LogP contribution in [0.5, 0.6) is 0 Å². The lowest BCUT2D eigenvalue weighted by Gasteiger charge is -2.23. The van der Waals surface area contributed by atoms with E-state index >= 15 is 0 Å². The van der Waals surface area contributed by atoms with E-state index in [2.05, 4.69) is 9.88 Å². The molecule has 0 aliphatic carbocycles. The number of carbonyl (C=O) groups is 1. The molecule has 1 aliphatic rings. The summed E-state index contributed by atoms with van der Waals surface area (Å²) in [6.07, 6.45) is 0. The van der Waals surface area contributed by atoms with Crippen molar-refractivity contribution in [1.82, 2.24) is 14.8 Å². The molecule has 0 spiro atoms. The van der Waals surface area contributed by atoms with Crippen molar-refractivity contribution < 1.29 is 19.0 Å². The quantitative estimate of drug-likeness (QED) is 0.733. The molecule has 7 nitrogen and oxygen atoms in total. The van der Waals surface area contributed by atoms with Gasteiger partial charge in [-0.3, -0.25) is 9.59 Å². The molecule has 2 atom stereocenters. The van der Waals surface area contributed by atoms with Crippen molar-refractivity contribution in [1.29, 1.82) is 0 Å². The zero-order chi connectivity index (χ0) is 20.3. The number of rotatable bonds is 7. The highest BCUT2D eigenvalue weighted by molar-refractivity contribution is 6.06. The highest BCUT2D eigenvalue weighted by atomic mass is 19.1. The Hall–Kier alpha value is -2.29. The molecule has 0 unspecified atom stereocenters. The van der Waals surface area contributed by atoms with E-state index in [1.807, 2.05) is 7.05 Å². The highest BCUT2D eigenvalue weighted by Gasteiger charge is 2.36. The average Bonchev–Trinajstić information content (AvgIpc) is 3.07. The number of H-pyrrole nitrogens is 1. The van der Waals surface area contributed by atoms with E-state index in [1.54, 1.807) is 12.0 Å². The van der Waals surface area contributed by atoms with Gasteiger partial charge in [-0.15, -0.1) is 0 Å². The van der Waals surface area contributed by atoms with Gasteiger partial charge in [0.1, 0.15) is 5.82 Å². The third kappa shape index (κ3) is 4.40. The number of ether oxygens (including phenoxy) is 1. The Morgan fingerprint density at radius 1 is 1.36 bits per heavy atom. The molecular formula is C20H26FN3O4. The maximum absolute atomic E-state index is 13.5. The zero-order valence-electron chi connectivity index (χ0n) is 16.2. The third-order valence-corrected chi connectivity index (χ3v) is 5.36. The molecule has 1 amide bonds. The van der Waals surface area contributed by atoms with Gasteiger partial charge in [0.15, 0.2) is 0 Å². The van der Waals surface area contributed by atoms with Crippen LogP contribution in [0.4, 0.5) is 4.39 Å².